The summed E-state index contributed by atoms with van der Waals surface area (Å²) in [5, 5.41) is 6.09. The van der Waals surface area contributed by atoms with Gasteiger partial charge >= 0.3 is 5.97 Å². The molecule has 14 heavy (non-hydrogen) atoms. The van der Waals surface area contributed by atoms with Gasteiger partial charge in [-0.3, -0.25) is 4.79 Å². The minimum Gasteiger partial charge on any atom is -0.468 e. The van der Waals surface area contributed by atoms with Crippen molar-refractivity contribution in [3.8, 4) is 0 Å². The summed E-state index contributed by atoms with van der Waals surface area (Å²) in [6.45, 7) is 2.53. The van der Waals surface area contributed by atoms with Crippen LogP contribution in [0.5, 0.6) is 0 Å². The molecule has 1 aromatic rings. The van der Waals surface area contributed by atoms with Crippen molar-refractivity contribution in [1.29, 1.82) is 0 Å². The van der Waals surface area contributed by atoms with Crippen LogP contribution >= 0.6 is 11.3 Å². The van der Waals surface area contributed by atoms with Crippen molar-refractivity contribution < 1.29 is 9.53 Å². The summed E-state index contributed by atoms with van der Waals surface area (Å²) in [4.78, 5) is 15.1. The van der Waals surface area contributed by atoms with Gasteiger partial charge in [-0.25, -0.2) is 4.98 Å². The van der Waals surface area contributed by atoms with Crippen LogP contribution in [0.15, 0.2) is 11.6 Å². The third-order valence-corrected chi connectivity index (χ3v) is 2.67. The zero-order chi connectivity index (χ0) is 10.4. The summed E-state index contributed by atoms with van der Waals surface area (Å²) in [5.41, 5.74) is 0. The third kappa shape index (κ3) is 3.43. The molecule has 1 heterocycles. The molecule has 0 aromatic carbocycles. The van der Waals surface area contributed by atoms with E-state index in [0.717, 1.165) is 18.0 Å². The van der Waals surface area contributed by atoms with Gasteiger partial charge in [0.15, 0.2) is 0 Å². The van der Waals surface area contributed by atoms with Crippen LogP contribution in [-0.4, -0.2) is 30.6 Å². The van der Waals surface area contributed by atoms with Crippen LogP contribution in [0.25, 0.3) is 0 Å². The van der Waals surface area contributed by atoms with Crippen molar-refractivity contribution in [3.05, 3.63) is 16.6 Å². The van der Waals surface area contributed by atoms with E-state index in [2.05, 4.69) is 15.0 Å². The lowest BCUT2D eigenvalue weighted by Crippen LogP contribution is -2.35. The van der Waals surface area contributed by atoms with E-state index in [0.29, 0.717) is 0 Å². The van der Waals surface area contributed by atoms with E-state index in [-0.39, 0.29) is 12.0 Å². The topological polar surface area (TPSA) is 51.2 Å². The van der Waals surface area contributed by atoms with Gasteiger partial charge in [0.25, 0.3) is 0 Å². The smallest absolute Gasteiger partial charge is 0.322 e. The minimum absolute atomic E-state index is 0.232. The second-order valence-electron chi connectivity index (χ2n) is 2.87. The van der Waals surface area contributed by atoms with Crippen LogP contribution < -0.4 is 5.32 Å². The maximum Gasteiger partial charge on any atom is 0.322 e. The molecule has 0 aliphatic heterocycles. The van der Waals surface area contributed by atoms with E-state index >= 15 is 0 Å². The summed E-state index contributed by atoms with van der Waals surface area (Å²) in [6.07, 6.45) is 2.63. The Kier molecular flexibility index (Phi) is 4.55. The van der Waals surface area contributed by atoms with Gasteiger partial charge in [-0.2, -0.15) is 0 Å². The van der Waals surface area contributed by atoms with E-state index in [4.69, 9.17) is 0 Å². The first-order chi connectivity index (χ1) is 6.74. The van der Waals surface area contributed by atoms with Crippen molar-refractivity contribution in [2.45, 2.75) is 19.4 Å². The van der Waals surface area contributed by atoms with Crippen molar-refractivity contribution in [1.82, 2.24) is 10.3 Å². The Bertz CT molecular complexity index is 274. The van der Waals surface area contributed by atoms with Crippen LogP contribution in [0.2, 0.25) is 0 Å². The molecule has 1 N–H and O–H groups in total. The number of nitrogens with one attached hydrogen (secondary N) is 1. The van der Waals surface area contributed by atoms with Gasteiger partial charge in [0.2, 0.25) is 0 Å². The van der Waals surface area contributed by atoms with Crippen molar-refractivity contribution in [2.24, 2.45) is 0 Å². The Morgan fingerprint density at radius 2 is 2.57 bits per heavy atom. The Balaban J connectivity index is 2.18. The Morgan fingerprint density at radius 1 is 1.79 bits per heavy atom. The first kappa shape index (κ1) is 11.1. The Morgan fingerprint density at radius 3 is 3.14 bits per heavy atom. The molecule has 1 aromatic heterocycles. The Labute approximate surface area is 87.3 Å². The fourth-order valence-electron chi connectivity index (χ4n) is 1.03. The first-order valence-electron chi connectivity index (χ1n) is 4.43. The molecule has 0 saturated heterocycles. The lowest BCUT2D eigenvalue weighted by Gasteiger charge is -2.09. The number of ether oxygens (including phenoxy) is 1. The second-order valence-corrected chi connectivity index (χ2v) is 3.85. The molecule has 5 heteroatoms. The quantitative estimate of drug-likeness (QED) is 0.738. The molecule has 0 aliphatic carbocycles. The van der Waals surface area contributed by atoms with Gasteiger partial charge < -0.3 is 10.1 Å². The largest absolute Gasteiger partial charge is 0.468 e. The molecular weight excluding hydrogens is 200 g/mol. The lowest BCUT2D eigenvalue weighted by atomic mass is 10.3. The predicted molar refractivity (Wildman–Crippen MR) is 55.3 cm³/mol. The number of thiazole rings is 1. The molecule has 0 spiro atoms. The van der Waals surface area contributed by atoms with Crippen LogP contribution in [-0.2, 0) is 16.0 Å². The van der Waals surface area contributed by atoms with E-state index in [9.17, 15) is 4.79 Å². The molecule has 78 valence electrons. The highest BCUT2D eigenvalue weighted by molar-refractivity contribution is 7.09. The number of hydrogen-bond donors (Lipinski definition) is 1. The number of carbonyl (C=O) groups is 1. The van der Waals surface area contributed by atoms with Crippen LogP contribution in [0, 0.1) is 0 Å². The molecule has 0 amide bonds. The van der Waals surface area contributed by atoms with Crippen LogP contribution in [0.4, 0.5) is 0 Å². The van der Waals surface area contributed by atoms with E-state index in [1.54, 1.807) is 24.5 Å². The normalized spacial score (nSPS) is 12.4. The van der Waals surface area contributed by atoms with Crippen molar-refractivity contribution in [2.75, 3.05) is 13.7 Å². The van der Waals surface area contributed by atoms with Crippen molar-refractivity contribution >= 4 is 17.3 Å². The molecule has 1 atom stereocenters. The number of aromatic nitrogens is 1. The highest BCUT2D eigenvalue weighted by Crippen LogP contribution is 2.03. The lowest BCUT2D eigenvalue weighted by molar-refractivity contribution is -0.142. The molecule has 0 saturated carbocycles. The second kappa shape index (κ2) is 5.72. The van der Waals surface area contributed by atoms with Gasteiger partial charge in [-0.1, -0.05) is 0 Å². The zero-order valence-electron chi connectivity index (χ0n) is 8.32. The number of hydrogen-bond acceptors (Lipinski definition) is 5. The number of carbonyl (C=O) groups excluding carboxylic acids is 1. The summed E-state index contributed by atoms with van der Waals surface area (Å²) in [5.74, 6) is -0.232. The third-order valence-electron chi connectivity index (χ3n) is 1.83. The zero-order valence-corrected chi connectivity index (χ0v) is 9.13. The molecule has 0 fully saturated rings. The summed E-state index contributed by atoms with van der Waals surface area (Å²) >= 11 is 1.62. The van der Waals surface area contributed by atoms with E-state index in [1.807, 2.05) is 5.38 Å². The fraction of sp³-hybridized carbons (Fsp3) is 0.556. The average Bonchev–Trinajstić information content (AvgIpc) is 2.69. The Hall–Kier alpha value is -0.940. The highest BCUT2D eigenvalue weighted by Gasteiger charge is 2.11. The maximum atomic E-state index is 11.0. The predicted octanol–water partition coefficient (Wildman–Crippen LogP) is 0.837. The van der Waals surface area contributed by atoms with Crippen molar-refractivity contribution in [3.63, 3.8) is 0 Å². The highest BCUT2D eigenvalue weighted by atomic mass is 32.1. The monoisotopic (exact) mass is 214 g/mol. The first-order valence-corrected chi connectivity index (χ1v) is 5.31. The SMILES string of the molecule is COC(=O)C(C)NCCc1nccs1. The standard InChI is InChI=1S/C9H14N2O2S/c1-7(9(12)13-2)10-4-3-8-11-5-6-14-8/h5-7,10H,3-4H2,1-2H3. The summed E-state index contributed by atoms with van der Waals surface area (Å²) in [6, 6.07) is -0.250. The number of methoxy groups -OCH3 is 1. The molecule has 1 unspecified atom stereocenters. The van der Waals surface area contributed by atoms with Gasteiger partial charge in [0.05, 0.1) is 12.1 Å². The van der Waals surface area contributed by atoms with Crippen LogP contribution in [0.3, 0.4) is 0 Å². The minimum atomic E-state index is -0.250. The fourth-order valence-corrected chi connectivity index (χ4v) is 1.65. The number of rotatable bonds is 5. The molecular formula is C9H14N2O2S. The van der Waals surface area contributed by atoms with E-state index in [1.165, 1.54) is 7.11 Å². The molecule has 0 bridgehead atoms. The van der Waals surface area contributed by atoms with Gasteiger partial charge in [-0.05, 0) is 6.92 Å². The summed E-state index contributed by atoms with van der Waals surface area (Å²) < 4.78 is 4.59. The molecule has 0 radical (unpaired) electrons. The number of nitrogens with zero attached hydrogens (tertiary/aromatic N) is 1. The molecule has 0 aliphatic rings. The van der Waals surface area contributed by atoms with E-state index < -0.39 is 0 Å². The van der Waals surface area contributed by atoms with Gasteiger partial charge in [-0.15, -0.1) is 11.3 Å². The average molecular weight is 214 g/mol. The van der Waals surface area contributed by atoms with Gasteiger partial charge in [0.1, 0.15) is 6.04 Å². The molecule has 1 rings (SSSR count). The van der Waals surface area contributed by atoms with Gasteiger partial charge in [0, 0.05) is 24.5 Å². The summed E-state index contributed by atoms with van der Waals surface area (Å²) in [7, 11) is 1.39. The number of esters is 1. The van der Waals surface area contributed by atoms with Crippen LogP contribution in [0.1, 0.15) is 11.9 Å². The maximum absolute atomic E-state index is 11.0. The molecule has 4 nitrogen and oxygen atoms in total.